The van der Waals surface area contributed by atoms with Gasteiger partial charge in [0.05, 0.1) is 13.2 Å². The summed E-state index contributed by atoms with van der Waals surface area (Å²) >= 11 is 0. The highest BCUT2D eigenvalue weighted by Gasteiger charge is 2.31. The van der Waals surface area contributed by atoms with Crippen LogP contribution in [0.3, 0.4) is 0 Å². The highest BCUT2D eigenvalue weighted by Crippen LogP contribution is 2.50. The second-order valence-electron chi connectivity index (χ2n) is 18.1. The third kappa shape index (κ3) is 31.6. The van der Waals surface area contributed by atoms with Gasteiger partial charge in [0.1, 0.15) is 23.0 Å². The van der Waals surface area contributed by atoms with Gasteiger partial charge in [0.2, 0.25) is 0 Å². The van der Waals surface area contributed by atoms with Gasteiger partial charge in [0.15, 0.2) is 0 Å². The molecule has 0 heterocycles. The molecule has 0 unspecified atom stereocenters. The van der Waals surface area contributed by atoms with E-state index in [0.717, 1.165) is 25.7 Å². The van der Waals surface area contributed by atoms with Gasteiger partial charge in [-0.3, -0.25) is 9.05 Å². The molecule has 0 N–H and O–H groups in total. The van der Waals surface area contributed by atoms with Crippen molar-refractivity contribution in [3.8, 4) is 23.0 Å². The average molecular weight is 977 g/mol. The molecule has 0 spiro atoms. The molecule has 0 amide bonds. The van der Waals surface area contributed by atoms with E-state index in [4.69, 9.17) is 27.1 Å². The Morgan fingerprint density at radius 2 is 0.441 bits per heavy atom. The number of benzene rings is 4. The second-order valence-corrected chi connectivity index (χ2v) is 21.1. The quantitative estimate of drug-likeness (QED) is 0.0320. The minimum absolute atomic E-state index is 0.356. The molecule has 380 valence electrons. The summed E-state index contributed by atoms with van der Waals surface area (Å²) in [6.45, 7) is 5.26. The number of rotatable bonds is 42. The highest BCUT2D eigenvalue weighted by atomic mass is 31.2. The fraction of sp³-hybridized carbons (Fsp3) is 0.586. The topological polar surface area (TPSA) is 89.5 Å². The van der Waals surface area contributed by atoms with Gasteiger partial charge in [-0.05, 0) is 61.4 Å². The second kappa shape index (κ2) is 40.2. The summed E-state index contributed by atoms with van der Waals surface area (Å²) in [5, 5.41) is 0. The zero-order valence-corrected chi connectivity index (χ0v) is 44.1. The first-order chi connectivity index (χ1) is 33.4. The van der Waals surface area contributed by atoms with Crippen molar-refractivity contribution < 1.29 is 36.3 Å². The molecule has 0 aromatic heterocycles. The molecule has 4 aromatic rings. The van der Waals surface area contributed by atoms with Crippen molar-refractivity contribution in [1.82, 2.24) is 0 Å². The van der Waals surface area contributed by atoms with E-state index < -0.39 is 15.6 Å². The van der Waals surface area contributed by atoms with Gasteiger partial charge in [-0.15, -0.1) is 0 Å². The monoisotopic (exact) mass is 977 g/mol. The molecule has 68 heavy (non-hydrogen) atoms. The van der Waals surface area contributed by atoms with Crippen LogP contribution in [0.5, 0.6) is 23.0 Å². The first-order valence-corrected chi connectivity index (χ1v) is 29.8. The lowest BCUT2D eigenvalue weighted by atomic mass is 10.0. The normalized spacial score (nSPS) is 11.4. The molecule has 8 nitrogen and oxygen atoms in total. The van der Waals surface area contributed by atoms with Gasteiger partial charge in [-0.2, -0.15) is 0 Å². The molecule has 4 aromatic carbocycles. The molecule has 10 heteroatoms. The van der Waals surface area contributed by atoms with E-state index in [1.54, 1.807) is 48.5 Å². The van der Waals surface area contributed by atoms with E-state index in [1.807, 2.05) is 72.8 Å². The number of para-hydroxylation sites is 4. The van der Waals surface area contributed by atoms with Crippen LogP contribution in [0.25, 0.3) is 0 Å². The predicted molar refractivity (Wildman–Crippen MR) is 285 cm³/mol. The van der Waals surface area contributed by atoms with E-state index in [0.29, 0.717) is 36.2 Å². The standard InChI is InChI=1S/C30H47O4P.C28H43O4P/c1-2-3-4-5-6-7-8-9-10-11-12-13-14-15-16-23-28-32-35(31,33-29-24-19-17-20-25-29)34-30-26-21-18-22-27-30;1-2-3-4-5-6-7-8-9-10-11-12-13-14-21-26-30-33(29,31-27-22-17-15-18-23-27)32-28-24-19-16-20-25-28/h17-22,24-27H,2-16,23,28H2,1H3;15-20,22-25H,2-14,21,26H2,1H3. The minimum atomic E-state index is -3.75. The molecule has 0 fully saturated rings. The van der Waals surface area contributed by atoms with Crippen molar-refractivity contribution in [2.45, 2.75) is 206 Å². The lowest BCUT2D eigenvalue weighted by Gasteiger charge is -2.19. The molecule has 0 radical (unpaired) electrons. The van der Waals surface area contributed by atoms with Gasteiger partial charge in [0, 0.05) is 0 Å². The zero-order chi connectivity index (χ0) is 48.3. The lowest BCUT2D eigenvalue weighted by molar-refractivity contribution is 0.204. The van der Waals surface area contributed by atoms with Crippen molar-refractivity contribution in [1.29, 1.82) is 0 Å². The summed E-state index contributed by atoms with van der Waals surface area (Å²) in [6.07, 6.45) is 39.1. The molecule has 0 atom stereocenters. The van der Waals surface area contributed by atoms with E-state index in [9.17, 15) is 9.13 Å². The maximum absolute atomic E-state index is 13.2. The van der Waals surface area contributed by atoms with Gasteiger partial charge < -0.3 is 18.1 Å². The maximum atomic E-state index is 13.2. The number of hydrogen-bond donors (Lipinski definition) is 0. The van der Waals surface area contributed by atoms with Gasteiger partial charge >= 0.3 is 15.6 Å². The summed E-state index contributed by atoms with van der Waals surface area (Å²) in [5.74, 6) is 1.88. The van der Waals surface area contributed by atoms with Crippen molar-refractivity contribution in [2.24, 2.45) is 0 Å². The minimum Gasteiger partial charge on any atom is -0.395 e. The summed E-state index contributed by atoms with van der Waals surface area (Å²) in [4.78, 5) is 0. The average Bonchev–Trinajstić information content (AvgIpc) is 3.35. The van der Waals surface area contributed by atoms with E-state index in [2.05, 4.69) is 13.8 Å². The van der Waals surface area contributed by atoms with Crippen LogP contribution in [0.4, 0.5) is 0 Å². The van der Waals surface area contributed by atoms with Gasteiger partial charge in [0.25, 0.3) is 0 Å². The Labute approximate surface area is 414 Å². The van der Waals surface area contributed by atoms with Crippen molar-refractivity contribution >= 4 is 15.6 Å². The van der Waals surface area contributed by atoms with Crippen LogP contribution >= 0.6 is 15.6 Å². The smallest absolute Gasteiger partial charge is 0.395 e. The SMILES string of the molecule is CCCCCCCCCCCCCCCCCCOP(=O)(Oc1ccccc1)Oc1ccccc1.CCCCCCCCCCCCCCCCOP(=O)(Oc1ccccc1)Oc1ccccc1. The Morgan fingerprint density at radius 3 is 0.632 bits per heavy atom. The Morgan fingerprint density at radius 1 is 0.265 bits per heavy atom. The number of phosphoric acid groups is 2. The molecule has 0 aliphatic carbocycles. The Bertz CT molecular complexity index is 1710. The van der Waals surface area contributed by atoms with Crippen LogP contribution in [-0.2, 0) is 18.2 Å². The van der Waals surface area contributed by atoms with Crippen LogP contribution < -0.4 is 18.1 Å². The number of phosphoric ester groups is 2. The predicted octanol–water partition coefficient (Wildman–Crippen LogP) is 20.3. The third-order valence-corrected chi connectivity index (χ3v) is 14.6. The molecule has 0 bridgehead atoms. The Balaban J connectivity index is 0.000000361. The van der Waals surface area contributed by atoms with E-state index in [1.165, 1.54) is 167 Å². The summed E-state index contributed by atoms with van der Waals surface area (Å²) < 4.78 is 60.4. The van der Waals surface area contributed by atoms with Crippen LogP contribution in [0, 0.1) is 0 Å². The van der Waals surface area contributed by atoms with E-state index >= 15 is 0 Å². The lowest BCUT2D eigenvalue weighted by Crippen LogP contribution is -2.06. The molecule has 0 saturated heterocycles. The number of unbranched alkanes of at least 4 members (excludes halogenated alkanes) is 28. The summed E-state index contributed by atoms with van der Waals surface area (Å²) in [5.41, 5.74) is 0. The molecular formula is C58H90O8P2. The third-order valence-electron chi connectivity index (χ3n) is 11.8. The number of hydrogen-bond acceptors (Lipinski definition) is 8. The van der Waals surface area contributed by atoms with Gasteiger partial charge in [-0.1, -0.05) is 266 Å². The molecular weight excluding hydrogens is 887 g/mol. The van der Waals surface area contributed by atoms with Crippen LogP contribution in [0.1, 0.15) is 206 Å². The Hall–Kier alpha value is -3.54. The van der Waals surface area contributed by atoms with E-state index in [-0.39, 0.29) is 0 Å². The van der Waals surface area contributed by atoms with Gasteiger partial charge in [-0.25, -0.2) is 9.13 Å². The molecule has 4 rings (SSSR count). The Kier molecular flexibility index (Phi) is 34.8. The highest BCUT2D eigenvalue weighted by molar-refractivity contribution is 7.49. The molecule has 0 aliphatic rings. The van der Waals surface area contributed by atoms with Crippen LogP contribution in [0.2, 0.25) is 0 Å². The van der Waals surface area contributed by atoms with Crippen molar-refractivity contribution in [3.05, 3.63) is 121 Å². The van der Waals surface area contributed by atoms with Crippen molar-refractivity contribution in [3.63, 3.8) is 0 Å². The zero-order valence-electron chi connectivity index (χ0n) is 42.3. The maximum Gasteiger partial charge on any atom is 0.587 e. The summed E-state index contributed by atoms with van der Waals surface area (Å²) in [7, 11) is -7.50. The fourth-order valence-corrected chi connectivity index (χ4v) is 10.4. The fourth-order valence-electron chi connectivity index (χ4n) is 7.88. The van der Waals surface area contributed by atoms with Crippen LogP contribution in [-0.4, -0.2) is 13.2 Å². The molecule has 0 saturated carbocycles. The van der Waals surface area contributed by atoms with Crippen LogP contribution in [0.15, 0.2) is 121 Å². The first kappa shape index (κ1) is 58.8. The molecule has 0 aliphatic heterocycles. The van der Waals surface area contributed by atoms with Crippen molar-refractivity contribution in [2.75, 3.05) is 13.2 Å². The summed E-state index contributed by atoms with van der Waals surface area (Å²) in [6, 6.07) is 36.1. The largest absolute Gasteiger partial charge is 0.587 e. The first-order valence-electron chi connectivity index (χ1n) is 26.9.